The molecular weight excluding hydrogens is 488 g/mol. The van der Waals surface area contributed by atoms with Gasteiger partial charge in [-0.15, -0.1) is 0 Å². The molecule has 38 heavy (non-hydrogen) atoms. The number of benzene rings is 1. The Labute approximate surface area is 222 Å². The lowest BCUT2D eigenvalue weighted by atomic mass is 10.0. The summed E-state index contributed by atoms with van der Waals surface area (Å²) >= 11 is 0. The smallest absolute Gasteiger partial charge is 0.243 e. The van der Waals surface area contributed by atoms with E-state index >= 15 is 0 Å². The third-order valence-electron chi connectivity index (χ3n) is 5.94. The van der Waals surface area contributed by atoms with E-state index < -0.39 is 41.6 Å². The molecule has 0 aliphatic carbocycles. The summed E-state index contributed by atoms with van der Waals surface area (Å²) < 4.78 is 0. The van der Waals surface area contributed by atoms with Crippen molar-refractivity contribution in [3.63, 3.8) is 0 Å². The third kappa shape index (κ3) is 8.82. The van der Waals surface area contributed by atoms with Gasteiger partial charge in [-0.25, -0.2) is 0 Å². The normalized spacial score (nSPS) is 13.4. The first-order valence-electron chi connectivity index (χ1n) is 12.7. The lowest BCUT2D eigenvalue weighted by Crippen LogP contribution is -2.58. The van der Waals surface area contributed by atoms with Gasteiger partial charge >= 0.3 is 0 Å². The van der Waals surface area contributed by atoms with Crippen molar-refractivity contribution in [1.82, 2.24) is 26.3 Å². The van der Waals surface area contributed by atoms with Crippen molar-refractivity contribution in [2.24, 2.45) is 5.92 Å². The number of nitrogens with one attached hydrogen (secondary N) is 6. The number of para-hydroxylation sites is 1. The number of hydrogen-bond acceptors (Lipinski definition) is 6. The van der Waals surface area contributed by atoms with Gasteiger partial charge in [-0.3, -0.25) is 24.0 Å². The van der Waals surface area contributed by atoms with Gasteiger partial charge in [0, 0.05) is 42.9 Å². The van der Waals surface area contributed by atoms with Gasteiger partial charge in [-0.1, -0.05) is 32.0 Å². The maximum Gasteiger partial charge on any atom is 0.243 e. The number of fused-ring (bicyclic) bond motifs is 1. The van der Waals surface area contributed by atoms with E-state index in [0.29, 0.717) is 6.21 Å². The molecule has 2 aromatic rings. The van der Waals surface area contributed by atoms with Crippen molar-refractivity contribution >= 4 is 46.5 Å². The largest absolute Gasteiger partial charge is 0.361 e. The van der Waals surface area contributed by atoms with Crippen molar-refractivity contribution in [3.8, 4) is 0 Å². The molecule has 0 saturated heterocycles. The highest BCUT2D eigenvalue weighted by Crippen LogP contribution is 2.19. The van der Waals surface area contributed by atoms with Gasteiger partial charge in [0.05, 0.1) is 6.21 Å². The summed E-state index contributed by atoms with van der Waals surface area (Å²) in [7, 11) is 0. The van der Waals surface area contributed by atoms with E-state index in [-0.39, 0.29) is 37.1 Å². The van der Waals surface area contributed by atoms with Crippen LogP contribution in [0.5, 0.6) is 0 Å². The van der Waals surface area contributed by atoms with E-state index in [1.807, 2.05) is 24.3 Å². The Balaban J connectivity index is 2.26. The highest BCUT2D eigenvalue weighted by Gasteiger charge is 2.31. The Kier molecular flexibility index (Phi) is 11.2. The number of carbonyl (C=O) groups excluding carboxylic acids is 5. The van der Waals surface area contributed by atoms with Crippen LogP contribution in [0, 0.1) is 11.3 Å². The second kappa shape index (κ2) is 14.1. The van der Waals surface area contributed by atoms with E-state index in [1.54, 1.807) is 33.9 Å². The minimum Gasteiger partial charge on any atom is -0.361 e. The van der Waals surface area contributed by atoms with Crippen molar-refractivity contribution < 1.29 is 24.0 Å². The van der Waals surface area contributed by atoms with Gasteiger partial charge in [-0.2, -0.15) is 0 Å². The summed E-state index contributed by atoms with van der Waals surface area (Å²) in [5.74, 6) is -2.78. The third-order valence-corrected chi connectivity index (χ3v) is 5.94. The van der Waals surface area contributed by atoms with Crippen LogP contribution in [-0.4, -0.2) is 64.8 Å². The first-order chi connectivity index (χ1) is 17.9. The zero-order valence-electron chi connectivity index (χ0n) is 22.5. The van der Waals surface area contributed by atoms with Crippen LogP contribution >= 0.6 is 0 Å². The number of aromatic nitrogens is 1. The highest BCUT2D eigenvalue weighted by atomic mass is 16.2. The van der Waals surface area contributed by atoms with Crippen LogP contribution in [-0.2, 0) is 30.4 Å². The summed E-state index contributed by atoms with van der Waals surface area (Å²) in [4.78, 5) is 66.1. The molecule has 0 unspecified atom stereocenters. The van der Waals surface area contributed by atoms with Gasteiger partial charge in [0.1, 0.15) is 18.1 Å². The molecule has 2 rings (SSSR count). The van der Waals surface area contributed by atoms with E-state index in [2.05, 4.69) is 26.3 Å². The van der Waals surface area contributed by atoms with Crippen molar-refractivity contribution in [3.05, 3.63) is 36.0 Å². The minimum absolute atomic E-state index is 0.0811. The molecule has 0 radical (unpaired) electrons. The summed E-state index contributed by atoms with van der Waals surface area (Å²) in [6.07, 6.45) is 2.34. The van der Waals surface area contributed by atoms with Crippen LogP contribution in [0.4, 0.5) is 0 Å². The van der Waals surface area contributed by atoms with Gasteiger partial charge in [0.2, 0.25) is 23.6 Å². The number of hydrogen-bond donors (Lipinski definition) is 6. The second-order valence-corrected chi connectivity index (χ2v) is 9.92. The average Bonchev–Trinajstić information content (AvgIpc) is 3.25. The molecular formula is C27H38N6O5. The molecule has 11 heteroatoms. The number of amides is 4. The molecule has 1 heterocycles. The predicted molar refractivity (Wildman–Crippen MR) is 145 cm³/mol. The Morgan fingerprint density at radius 1 is 0.895 bits per heavy atom. The Morgan fingerprint density at radius 2 is 1.55 bits per heavy atom. The predicted octanol–water partition coefficient (Wildman–Crippen LogP) is 1.36. The molecule has 6 N–H and O–H groups in total. The molecule has 0 saturated carbocycles. The van der Waals surface area contributed by atoms with Crippen molar-refractivity contribution in [1.29, 1.82) is 5.41 Å². The minimum atomic E-state index is -1.17. The topological polar surface area (TPSA) is 173 Å². The van der Waals surface area contributed by atoms with Crippen LogP contribution in [0.25, 0.3) is 10.9 Å². The maximum absolute atomic E-state index is 13.3. The molecule has 206 valence electrons. The lowest BCUT2D eigenvalue weighted by molar-refractivity contribution is -0.134. The average molecular weight is 527 g/mol. The number of rotatable bonds is 14. The molecule has 0 spiro atoms. The standard InChI is InChI=1S/C27H38N6O5/c1-15(2)24(27(38)30-16(3)4)33-25(36)22(11-10-19(35)13-28)32-26(37)23(31-17(5)34)12-18-14-29-21-9-7-6-8-20(18)21/h6-9,13-16,22-24,28-29H,10-12H2,1-5H3,(H,30,38)(H,31,34)(H,32,37)(H,33,36)/t22-,23-,24-/m0/s1. The first-order valence-corrected chi connectivity index (χ1v) is 12.7. The van der Waals surface area contributed by atoms with E-state index in [0.717, 1.165) is 16.5 Å². The van der Waals surface area contributed by atoms with Crippen LogP contribution < -0.4 is 21.3 Å². The summed E-state index contributed by atoms with van der Waals surface area (Å²) in [6.45, 7) is 8.47. The molecule has 0 aliphatic heterocycles. The van der Waals surface area contributed by atoms with Gasteiger partial charge in [0.25, 0.3) is 0 Å². The quantitative estimate of drug-likeness (QED) is 0.204. The van der Waals surface area contributed by atoms with E-state index in [1.165, 1.54) is 6.92 Å². The molecule has 0 aliphatic rings. The van der Waals surface area contributed by atoms with Gasteiger partial charge in [0.15, 0.2) is 5.78 Å². The fourth-order valence-corrected chi connectivity index (χ4v) is 4.04. The van der Waals surface area contributed by atoms with Crippen LogP contribution in [0.3, 0.4) is 0 Å². The molecule has 11 nitrogen and oxygen atoms in total. The molecule has 3 atom stereocenters. The van der Waals surface area contributed by atoms with E-state index in [9.17, 15) is 24.0 Å². The summed E-state index contributed by atoms with van der Waals surface area (Å²) in [5, 5.41) is 18.8. The van der Waals surface area contributed by atoms with Gasteiger partial charge < -0.3 is 31.7 Å². The summed E-state index contributed by atoms with van der Waals surface area (Å²) in [6, 6.07) is 4.39. The number of Topliss-reactive ketones (excluding diaryl/α,β-unsaturated/α-hetero) is 1. The van der Waals surface area contributed by atoms with Gasteiger partial charge in [-0.05, 0) is 37.8 Å². The monoisotopic (exact) mass is 526 g/mol. The van der Waals surface area contributed by atoms with E-state index in [4.69, 9.17) is 5.41 Å². The van der Waals surface area contributed by atoms with Crippen molar-refractivity contribution in [2.45, 2.75) is 78.0 Å². The Morgan fingerprint density at radius 3 is 2.16 bits per heavy atom. The SMILES string of the molecule is CC(=O)N[C@@H](Cc1c[nH]c2ccccc12)C(=O)N[C@@H](CCC(=O)C=N)C(=O)N[C@H](C(=O)NC(C)C)C(C)C. The van der Waals surface area contributed by atoms with Crippen LogP contribution in [0.2, 0.25) is 0 Å². The summed E-state index contributed by atoms with van der Waals surface area (Å²) in [5.41, 5.74) is 1.69. The molecule has 0 bridgehead atoms. The molecule has 1 aromatic heterocycles. The lowest BCUT2D eigenvalue weighted by Gasteiger charge is -2.27. The molecule has 4 amide bonds. The second-order valence-electron chi connectivity index (χ2n) is 9.92. The number of aromatic amines is 1. The fraction of sp³-hybridized carbons (Fsp3) is 0.481. The Bertz CT molecular complexity index is 1170. The van der Waals surface area contributed by atoms with Crippen LogP contribution in [0.15, 0.2) is 30.5 Å². The zero-order chi connectivity index (χ0) is 28.4. The Hall–Kier alpha value is -4.02. The van der Waals surface area contributed by atoms with Crippen LogP contribution in [0.1, 0.15) is 53.0 Å². The molecule has 1 aromatic carbocycles. The number of ketones is 1. The number of H-pyrrole nitrogens is 1. The van der Waals surface area contributed by atoms with Crippen molar-refractivity contribution in [2.75, 3.05) is 0 Å². The maximum atomic E-state index is 13.3. The fourth-order valence-electron chi connectivity index (χ4n) is 4.04. The zero-order valence-corrected chi connectivity index (χ0v) is 22.5. The number of carbonyl (C=O) groups is 5. The highest BCUT2D eigenvalue weighted by molar-refractivity contribution is 6.26. The first kappa shape index (κ1) is 30.2. The molecule has 0 fully saturated rings.